The molecule has 0 N–H and O–H groups in total. The fourth-order valence-electron chi connectivity index (χ4n) is 1.50. The van der Waals surface area contributed by atoms with Crippen molar-refractivity contribution in [1.82, 2.24) is 4.98 Å². The SMILES string of the molecule is CCOc1ccc(OCc2ccnc(Cl)c2)cc1. The van der Waals surface area contributed by atoms with Crippen molar-refractivity contribution in [2.24, 2.45) is 0 Å². The first-order valence-corrected chi connectivity index (χ1v) is 6.12. The second kappa shape index (κ2) is 6.26. The molecule has 0 amide bonds. The van der Waals surface area contributed by atoms with E-state index in [-0.39, 0.29) is 0 Å². The van der Waals surface area contributed by atoms with Crippen LogP contribution in [0.1, 0.15) is 12.5 Å². The Morgan fingerprint density at radius 2 is 1.72 bits per heavy atom. The first kappa shape index (κ1) is 12.7. The number of halogens is 1. The van der Waals surface area contributed by atoms with E-state index in [0.717, 1.165) is 17.1 Å². The van der Waals surface area contributed by atoms with Gasteiger partial charge in [-0.25, -0.2) is 4.98 Å². The van der Waals surface area contributed by atoms with E-state index in [1.807, 2.05) is 37.3 Å². The molecular formula is C14H14ClNO2. The maximum atomic E-state index is 5.80. The van der Waals surface area contributed by atoms with Gasteiger partial charge in [0.1, 0.15) is 23.3 Å². The van der Waals surface area contributed by atoms with Crippen LogP contribution in [0.4, 0.5) is 0 Å². The summed E-state index contributed by atoms with van der Waals surface area (Å²) in [4.78, 5) is 3.92. The van der Waals surface area contributed by atoms with Crippen molar-refractivity contribution in [3.05, 3.63) is 53.3 Å². The van der Waals surface area contributed by atoms with Gasteiger partial charge in [-0.3, -0.25) is 0 Å². The summed E-state index contributed by atoms with van der Waals surface area (Å²) in [6.45, 7) is 3.09. The molecule has 0 spiro atoms. The molecule has 0 aliphatic carbocycles. The van der Waals surface area contributed by atoms with E-state index in [9.17, 15) is 0 Å². The Hall–Kier alpha value is -1.74. The molecule has 2 rings (SSSR count). The first-order chi connectivity index (χ1) is 8.78. The number of pyridine rings is 1. The Morgan fingerprint density at radius 1 is 1.06 bits per heavy atom. The van der Waals surface area contributed by atoms with Crippen LogP contribution in [0.5, 0.6) is 11.5 Å². The topological polar surface area (TPSA) is 31.4 Å². The van der Waals surface area contributed by atoms with Gasteiger partial charge in [0.05, 0.1) is 6.61 Å². The number of rotatable bonds is 5. The Morgan fingerprint density at radius 3 is 2.33 bits per heavy atom. The Bertz CT molecular complexity index is 499. The van der Waals surface area contributed by atoms with Gasteiger partial charge < -0.3 is 9.47 Å². The molecule has 1 aromatic carbocycles. The molecule has 1 aromatic heterocycles. The highest BCUT2D eigenvalue weighted by Crippen LogP contribution is 2.19. The summed E-state index contributed by atoms with van der Waals surface area (Å²) in [6.07, 6.45) is 1.67. The second-order valence-corrected chi connectivity index (χ2v) is 4.07. The van der Waals surface area contributed by atoms with Gasteiger partial charge in [-0.15, -0.1) is 0 Å². The number of hydrogen-bond donors (Lipinski definition) is 0. The second-order valence-electron chi connectivity index (χ2n) is 3.68. The van der Waals surface area contributed by atoms with Crippen LogP contribution in [0, 0.1) is 0 Å². The predicted molar refractivity (Wildman–Crippen MR) is 71.2 cm³/mol. The lowest BCUT2D eigenvalue weighted by Gasteiger charge is -2.07. The summed E-state index contributed by atoms with van der Waals surface area (Å²) in [5, 5.41) is 0.475. The van der Waals surface area contributed by atoms with Crippen LogP contribution in [-0.2, 0) is 6.61 Å². The molecule has 0 saturated heterocycles. The van der Waals surface area contributed by atoms with E-state index in [1.54, 1.807) is 12.3 Å². The number of nitrogens with zero attached hydrogens (tertiary/aromatic N) is 1. The lowest BCUT2D eigenvalue weighted by atomic mass is 10.3. The van der Waals surface area contributed by atoms with Gasteiger partial charge >= 0.3 is 0 Å². The van der Waals surface area contributed by atoms with Crippen molar-refractivity contribution in [1.29, 1.82) is 0 Å². The molecule has 4 heteroatoms. The molecule has 0 aliphatic heterocycles. The molecule has 0 fully saturated rings. The molecule has 2 aromatic rings. The lowest BCUT2D eigenvalue weighted by Crippen LogP contribution is -1.96. The van der Waals surface area contributed by atoms with Crippen LogP contribution in [-0.4, -0.2) is 11.6 Å². The zero-order valence-electron chi connectivity index (χ0n) is 10.1. The minimum absolute atomic E-state index is 0.468. The van der Waals surface area contributed by atoms with Crippen molar-refractivity contribution >= 4 is 11.6 Å². The van der Waals surface area contributed by atoms with Crippen LogP contribution in [0.25, 0.3) is 0 Å². The number of ether oxygens (including phenoxy) is 2. The maximum absolute atomic E-state index is 5.80. The van der Waals surface area contributed by atoms with Crippen LogP contribution >= 0.6 is 11.6 Å². The summed E-state index contributed by atoms with van der Waals surface area (Å²) in [5.41, 5.74) is 0.990. The summed E-state index contributed by atoms with van der Waals surface area (Å²) in [7, 11) is 0. The average Bonchev–Trinajstić information content (AvgIpc) is 2.38. The molecule has 18 heavy (non-hydrogen) atoms. The molecule has 0 bridgehead atoms. The Labute approximate surface area is 111 Å². The van der Waals surface area contributed by atoms with Gasteiger partial charge in [-0.1, -0.05) is 11.6 Å². The zero-order valence-corrected chi connectivity index (χ0v) is 10.9. The van der Waals surface area contributed by atoms with Crippen molar-refractivity contribution in [3.63, 3.8) is 0 Å². The highest BCUT2D eigenvalue weighted by atomic mass is 35.5. The van der Waals surface area contributed by atoms with Crippen LogP contribution in [0.15, 0.2) is 42.6 Å². The van der Waals surface area contributed by atoms with E-state index >= 15 is 0 Å². The van der Waals surface area contributed by atoms with E-state index in [2.05, 4.69) is 4.98 Å². The summed E-state index contributed by atoms with van der Waals surface area (Å²) in [6, 6.07) is 11.2. The van der Waals surface area contributed by atoms with Gasteiger partial charge in [-0.2, -0.15) is 0 Å². The third-order valence-corrected chi connectivity index (χ3v) is 2.54. The Balaban J connectivity index is 1.93. The van der Waals surface area contributed by atoms with E-state index in [4.69, 9.17) is 21.1 Å². The molecule has 0 radical (unpaired) electrons. The van der Waals surface area contributed by atoms with Crippen molar-refractivity contribution < 1.29 is 9.47 Å². The van der Waals surface area contributed by atoms with Crippen LogP contribution < -0.4 is 9.47 Å². The largest absolute Gasteiger partial charge is 0.494 e. The van der Waals surface area contributed by atoms with Crippen LogP contribution in [0.3, 0.4) is 0 Å². The molecule has 94 valence electrons. The monoisotopic (exact) mass is 263 g/mol. The Kier molecular flexibility index (Phi) is 4.42. The minimum Gasteiger partial charge on any atom is -0.494 e. The number of hydrogen-bond acceptors (Lipinski definition) is 3. The standard InChI is InChI=1S/C14H14ClNO2/c1-2-17-12-3-5-13(6-4-12)18-10-11-7-8-16-14(15)9-11/h3-9H,2,10H2,1H3. The third-order valence-electron chi connectivity index (χ3n) is 2.33. The zero-order chi connectivity index (χ0) is 12.8. The molecule has 0 atom stereocenters. The van der Waals surface area contributed by atoms with Crippen molar-refractivity contribution in [2.75, 3.05) is 6.61 Å². The highest BCUT2D eigenvalue weighted by molar-refractivity contribution is 6.29. The van der Waals surface area contributed by atoms with Crippen molar-refractivity contribution in [3.8, 4) is 11.5 Å². The fraction of sp³-hybridized carbons (Fsp3) is 0.214. The van der Waals surface area contributed by atoms with E-state index in [1.165, 1.54) is 0 Å². The van der Waals surface area contributed by atoms with Gasteiger partial charge in [0.15, 0.2) is 0 Å². The van der Waals surface area contributed by atoms with Gasteiger partial charge in [0, 0.05) is 6.20 Å². The van der Waals surface area contributed by atoms with Crippen LogP contribution in [0.2, 0.25) is 5.15 Å². The smallest absolute Gasteiger partial charge is 0.129 e. The quantitative estimate of drug-likeness (QED) is 0.771. The third kappa shape index (κ3) is 3.64. The molecular weight excluding hydrogens is 250 g/mol. The lowest BCUT2D eigenvalue weighted by molar-refractivity contribution is 0.304. The molecule has 1 heterocycles. The maximum Gasteiger partial charge on any atom is 0.129 e. The molecule has 0 saturated carbocycles. The van der Waals surface area contributed by atoms with E-state index in [0.29, 0.717) is 18.4 Å². The highest BCUT2D eigenvalue weighted by Gasteiger charge is 1.98. The van der Waals surface area contributed by atoms with Gasteiger partial charge in [0.25, 0.3) is 0 Å². The molecule has 0 unspecified atom stereocenters. The minimum atomic E-state index is 0.468. The number of benzene rings is 1. The summed E-state index contributed by atoms with van der Waals surface area (Å²) in [5.74, 6) is 1.64. The fourth-order valence-corrected chi connectivity index (χ4v) is 1.69. The first-order valence-electron chi connectivity index (χ1n) is 5.74. The normalized spacial score (nSPS) is 10.1. The van der Waals surface area contributed by atoms with Gasteiger partial charge in [0.2, 0.25) is 0 Å². The average molecular weight is 264 g/mol. The molecule has 0 aliphatic rings. The van der Waals surface area contributed by atoms with Crippen molar-refractivity contribution in [2.45, 2.75) is 13.5 Å². The predicted octanol–water partition coefficient (Wildman–Crippen LogP) is 3.71. The van der Waals surface area contributed by atoms with E-state index < -0.39 is 0 Å². The number of aromatic nitrogens is 1. The summed E-state index contributed by atoms with van der Waals surface area (Å²) < 4.78 is 11.0. The van der Waals surface area contributed by atoms with Gasteiger partial charge in [-0.05, 0) is 48.9 Å². The molecule has 3 nitrogen and oxygen atoms in total. The summed E-state index contributed by atoms with van der Waals surface area (Å²) >= 11 is 5.80.